The number of aromatic amines is 1. The molecule has 1 atom stereocenters. The molecule has 0 bridgehead atoms. The molecule has 6 nitrogen and oxygen atoms in total. The van der Waals surface area contributed by atoms with Crippen molar-refractivity contribution in [3.05, 3.63) is 81.9 Å². The van der Waals surface area contributed by atoms with Gasteiger partial charge in [-0.25, -0.2) is 9.67 Å². The Morgan fingerprint density at radius 2 is 1.96 bits per heavy atom. The molecule has 0 spiro atoms. The highest BCUT2D eigenvalue weighted by molar-refractivity contribution is 5.94. The largest absolute Gasteiger partial charge is 0.349 e. The Bertz CT molecular complexity index is 945. The van der Waals surface area contributed by atoms with E-state index in [1.54, 1.807) is 24.4 Å². The minimum absolute atomic E-state index is 0.0408. The summed E-state index contributed by atoms with van der Waals surface area (Å²) in [6.45, 7) is 0. The number of rotatable bonds is 3. The van der Waals surface area contributed by atoms with Crippen molar-refractivity contribution < 1.29 is 4.79 Å². The van der Waals surface area contributed by atoms with E-state index >= 15 is 0 Å². The predicted octanol–water partition coefficient (Wildman–Crippen LogP) is 1.85. The molecule has 2 heterocycles. The van der Waals surface area contributed by atoms with Crippen molar-refractivity contribution in [2.45, 2.75) is 25.3 Å². The summed E-state index contributed by atoms with van der Waals surface area (Å²) in [6, 6.07) is 14.5. The topological polar surface area (TPSA) is 79.8 Å². The highest BCUT2D eigenvalue weighted by Crippen LogP contribution is 2.18. The van der Waals surface area contributed by atoms with Gasteiger partial charge >= 0.3 is 0 Å². The average molecular weight is 334 g/mol. The second-order valence-corrected chi connectivity index (χ2v) is 6.18. The number of carbonyl (C=O) groups is 1. The number of hydrogen-bond acceptors (Lipinski definition) is 3. The molecular weight excluding hydrogens is 316 g/mol. The molecule has 0 saturated carbocycles. The van der Waals surface area contributed by atoms with E-state index < -0.39 is 0 Å². The van der Waals surface area contributed by atoms with Gasteiger partial charge in [0, 0.05) is 29.1 Å². The Morgan fingerprint density at radius 3 is 2.72 bits per heavy atom. The number of carbonyl (C=O) groups excluding carboxylic acids is 1. The first-order chi connectivity index (χ1) is 12.2. The van der Waals surface area contributed by atoms with Crippen molar-refractivity contribution in [2.75, 3.05) is 0 Å². The van der Waals surface area contributed by atoms with E-state index in [-0.39, 0.29) is 17.5 Å². The summed E-state index contributed by atoms with van der Waals surface area (Å²) in [6.07, 6.45) is 3.71. The maximum atomic E-state index is 12.7. The first-order valence-electron chi connectivity index (χ1n) is 8.32. The molecule has 1 aliphatic rings. The van der Waals surface area contributed by atoms with Crippen LogP contribution in [0, 0.1) is 0 Å². The monoisotopic (exact) mass is 334 g/mol. The van der Waals surface area contributed by atoms with Crippen LogP contribution in [0.1, 0.15) is 28.0 Å². The smallest absolute Gasteiger partial charge is 0.276 e. The zero-order valence-corrected chi connectivity index (χ0v) is 13.6. The molecule has 0 saturated heterocycles. The van der Waals surface area contributed by atoms with E-state index in [0.29, 0.717) is 17.8 Å². The van der Waals surface area contributed by atoms with Crippen LogP contribution in [0.5, 0.6) is 0 Å². The first kappa shape index (κ1) is 15.4. The molecule has 6 heteroatoms. The molecule has 1 unspecified atom stereocenters. The van der Waals surface area contributed by atoms with Crippen LogP contribution in [0.4, 0.5) is 0 Å². The molecule has 126 valence electrons. The van der Waals surface area contributed by atoms with E-state index in [1.807, 2.05) is 30.3 Å². The van der Waals surface area contributed by atoms with Gasteiger partial charge in [-0.2, -0.15) is 0 Å². The van der Waals surface area contributed by atoms with Gasteiger partial charge in [-0.05, 0) is 43.5 Å². The van der Waals surface area contributed by atoms with Crippen molar-refractivity contribution in [3.8, 4) is 5.82 Å². The Labute approximate surface area is 144 Å². The normalized spacial score (nSPS) is 16.2. The minimum Gasteiger partial charge on any atom is -0.349 e. The average Bonchev–Trinajstić information content (AvgIpc) is 2.99. The van der Waals surface area contributed by atoms with Crippen LogP contribution < -0.4 is 10.9 Å². The summed E-state index contributed by atoms with van der Waals surface area (Å²) in [5.74, 6) is 0.474. The van der Waals surface area contributed by atoms with Crippen molar-refractivity contribution in [1.82, 2.24) is 20.1 Å². The molecule has 3 aromatic rings. The lowest BCUT2D eigenvalue weighted by Crippen LogP contribution is -2.39. The number of benzene rings is 1. The van der Waals surface area contributed by atoms with Gasteiger partial charge in [0.25, 0.3) is 11.5 Å². The molecule has 0 aliphatic heterocycles. The lowest BCUT2D eigenvalue weighted by molar-refractivity contribution is 0.0933. The van der Waals surface area contributed by atoms with Gasteiger partial charge in [0.2, 0.25) is 0 Å². The van der Waals surface area contributed by atoms with Gasteiger partial charge in [0.15, 0.2) is 5.82 Å². The summed E-state index contributed by atoms with van der Waals surface area (Å²) in [7, 11) is 0. The second kappa shape index (κ2) is 6.39. The Balaban J connectivity index is 1.55. The summed E-state index contributed by atoms with van der Waals surface area (Å²) in [5, 5.41) is 6.19. The zero-order chi connectivity index (χ0) is 17.2. The van der Waals surface area contributed by atoms with Gasteiger partial charge in [-0.3, -0.25) is 14.7 Å². The summed E-state index contributed by atoms with van der Waals surface area (Å²) >= 11 is 0. The van der Waals surface area contributed by atoms with Crippen LogP contribution in [0.3, 0.4) is 0 Å². The minimum atomic E-state index is -0.102. The van der Waals surface area contributed by atoms with Crippen LogP contribution in [-0.4, -0.2) is 26.7 Å². The number of aryl methyl sites for hydroxylation is 1. The lowest BCUT2D eigenvalue weighted by Gasteiger charge is -2.22. The molecule has 25 heavy (non-hydrogen) atoms. The number of amides is 1. The van der Waals surface area contributed by atoms with E-state index in [4.69, 9.17) is 0 Å². The second-order valence-electron chi connectivity index (χ2n) is 6.18. The fraction of sp³-hybridized carbons (Fsp3) is 0.211. The Morgan fingerprint density at radius 1 is 1.16 bits per heavy atom. The third-order valence-electron chi connectivity index (χ3n) is 4.52. The van der Waals surface area contributed by atoms with Crippen LogP contribution in [0.15, 0.2) is 59.5 Å². The number of nitrogens with one attached hydrogen (secondary N) is 2. The Hall–Kier alpha value is -3.15. The highest BCUT2D eigenvalue weighted by Gasteiger charge is 2.26. The van der Waals surface area contributed by atoms with Gasteiger partial charge in [0.1, 0.15) is 0 Å². The standard InChI is InChI=1S/C19H18N4O2/c24-18(13-6-2-1-3-7-13)21-14-9-10-16-15(12-14)19(25)23(22-16)17-8-4-5-11-20-17/h1-8,11,14,22H,9-10,12H2,(H,21,24). The van der Waals surface area contributed by atoms with Crippen LogP contribution >= 0.6 is 0 Å². The molecule has 1 aliphatic carbocycles. The quantitative estimate of drug-likeness (QED) is 0.767. The van der Waals surface area contributed by atoms with Gasteiger partial charge in [-0.15, -0.1) is 0 Å². The van der Waals surface area contributed by atoms with Crippen molar-refractivity contribution in [2.24, 2.45) is 0 Å². The summed E-state index contributed by atoms with van der Waals surface area (Å²) in [4.78, 5) is 29.2. The maximum absolute atomic E-state index is 12.7. The fourth-order valence-corrected chi connectivity index (χ4v) is 3.23. The summed E-state index contributed by atoms with van der Waals surface area (Å²) < 4.78 is 1.48. The molecule has 2 aromatic heterocycles. The van der Waals surface area contributed by atoms with Crippen molar-refractivity contribution in [1.29, 1.82) is 0 Å². The number of pyridine rings is 1. The highest BCUT2D eigenvalue weighted by atomic mass is 16.2. The molecule has 0 radical (unpaired) electrons. The number of hydrogen-bond donors (Lipinski definition) is 2. The third kappa shape index (κ3) is 2.98. The lowest BCUT2D eigenvalue weighted by atomic mass is 9.93. The van der Waals surface area contributed by atoms with Crippen molar-refractivity contribution >= 4 is 5.91 Å². The number of H-pyrrole nitrogens is 1. The molecule has 1 aromatic carbocycles. The van der Waals surface area contributed by atoms with E-state index in [9.17, 15) is 9.59 Å². The van der Waals surface area contributed by atoms with Gasteiger partial charge < -0.3 is 5.32 Å². The molecule has 1 amide bonds. The van der Waals surface area contributed by atoms with Gasteiger partial charge in [0.05, 0.1) is 0 Å². The predicted molar refractivity (Wildman–Crippen MR) is 93.9 cm³/mol. The van der Waals surface area contributed by atoms with E-state index in [1.165, 1.54) is 4.68 Å². The number of aromatic nitrogens is 3. The van der Waals surface area contributed by atoms with Crippen LogP contribution in [-0.2, 0) is 12.8 Å². The van der Waals surface area contributed by atoms with Crippen molar-refractivity contribution in [3.63, 3.8) is 0 Å². The number of nitrogens with zero attached hydrogens (tertiary/aromatic N) is 2. The van der Waals surface area contributed by atoms with Crippen LogP contribution in [0.2, 0.25) is 0 Å². The number of fused-ring (bicyclic) bond motifs is 1. The molecule has 2 N–H and O–H groups in total. The van der Waals surface area contributed by atoms with E-state index in [0.717, 1.165) is 24.1 Å². The molecular formula is C19H18N4O2. The third-order valence-corrected chi connectivity index (χ3v) is 4.52. The SMILES string of the molecule is O=C(NC1CCc2[nH]n(-c3ccccn3)c(=O)c2C1)c1ccccc1. The van der Waals surface area contributed by atoms with E-state index in [2.05, 4.69) is 15.4 Å². The Kier molecular flexibility index (Phi) is 3.93. The zero-order valence-electron chi connectivity index (χ0n) is 13.6. The summed E-state index contributed by atoms with van der Waals surface area (Å²) in [5.41, 5.74) is 2.21. The maximum Gasteiger partial charge on any atom is 0.276 e. The molecule has 4 rings (SSSR count). The fourth-order valence-electron chi connectivity index (χ4n) is 3.23. The first-order valence-corrected chi connectivity index (χ1v) is 8.32. The van der Waals surface area contributed by atoms with Gasteiger partial charge in [-0.1, -0.05) is 24.3 Å². The molecule has 0 fully saturated rings. The van der Waals surface area contributed by atoms with Crippen LogP contribution in [0.25, 0.3) is 5.82 Å².